The number of nitrogens with zero attached hydrogens (tertiary/aromatic N) is 2. The summed E-state index contributed by atoms with van der Waals surface area (Å²) in [6, 6.07) is 19.7. The summed E-state index contributed by atoms with van der Waals surface area (Å²) in [6.45, 7) is 0.785. The van der Waals surface area contributed by atoms with Crippen LogP contribution < -0.4 is 4.90 Å². The van der Waals surface area contributed by atoms with Gasteiger partial charge in [0.2, 0.25) is 0 Å². The van der Waals surface area contributed by atoms with Gasteiger partial charge < -0.3 is 10.0 Å². The van der Waals surface area contributed by atoms with E-state index >= 15 is 0 Å². The van der Waals surface area contributed by atoms with E-state index in [1.165, 1.54) is 5.56 Å². The minimum absolute atomic E-state index is 0.220. The monoisotopic (exact) mass is 264 g/mol. The fourth-order valence-electron chi connectivity index (χ4n) is 2.27. The number of phenolic OH excluding ortho intramolecular Hbond substituents is 1. The van der Waals surface area contributed by atoms with E-state index < -0.39 is 0 Å². The molecule has 20 heavy (non-hydrogen) atoms. The molecule has 0 aliphatic rings. The number of pyridine rings is 1. The first kappa shape index (κ1) is 12.5. The average molecular weight is 264 g/mol. The maximum atomic E-state index is 9.89. The number of hydrogen-bond donors (Lipinski definition) is 1. The molecule has 3 rings (SSSR count). The third-order valence-electron chi connectivity index (χ3n) is 3.34. The van der Waals surface area contributed by atoms with Gasteiger partial charge in [-0.05, 0) is 23.8 Å². The highest BCUT2D eigenvalue weighted by atomic mass is 16.3. The van der Waals surface area contributed by atoms with Gasteiger partial charge in [-0.1, -0.05) is 42.5 Å². The van der Waals surface area contributed by atoms with Crippen molar-refractivity contribution < 1.29 is 5.11 Å². The quantitative estimate of drug-likeness (QED) is 0.785. The number of benzene rings is 2. The zero-order chi connectivity index (χ0) is 13.9. The Labute approximate surface area is 118 Å². The standard InChI is InChI=1S/C17H16N2O/c1-19(12-13-6-3-2-4-7-13)16-11-10-14-8-5-9-15(20)17(14)18-16/h2-11,20H,12H2,1H3. The van der Waals surface area contributed by atoms with Crippen LogP contribution in [0.5, 0.6) is 5.75 Å². The summed E-state index contributed by atoms with van der Waals surface area (Å²) in [5.74, 6) is 1.07. The van der Waals surface area contributed by atoms with Crippen molar-refractivity contribution in [3.8, 4) is 5.75 Å². The predicted octanol–water partition coefficient (Wildman–Crippen LogP) is 3.58. The molecule has 0 aliphatic heterocycles. The van der Waals surface area contributed by atoms with Crippen LogP contribution in [0.15, 0.2) is 60.7 Å². The lowest BCUT2D eigenvalue weighted by Gasteiger charge is -2.18. The van der Waals surface area contributed by atoms with Crippen LogP contribution in [-0.4, -0.2) is 17.1 Å². The van der Waals surface area contributed by atoms with Crippen LogP contribution in [0.1, 0.15) is 5.56 Å². The van der Waals surface area contributed by atoms with Gasteiger partial charge in [0, 0.05) is 19.0 Å². The lowest BCUT2D eigenvalue weighted by molar-refractivity contribution is 0.480. The van der Waals surface area contributed by atoms with Crippen molar-refractivity contribution in [2.24, 2.45) is 0 Å². The van der Waals surface area contributed by atoms with Gasteiger partial charge >= 0.3 is 0 Å². The number of phenols is 1. The molecule has 0 saturated carbocycles. The number of anilines is 1. The molecule has 2 aromatic carbocycles. The van der Waals surface area contributed by atoms with Gasteiger partial charge in [0.25, 0.3) is 0 Å². The molecule has 3 nitrogen and oxygen atoms in total. The Hall–Kier alpha value is -2.55. The molecular formula is C17H16N2O. The summed E-state index contributed by atoms with van der Waals surface area (Å²) >= 11 is 0. The first-order valence-electron chi connectivity index (χ1n) is 6.58. The number of hydrogen-bond acceptors (Lipinski definition) is 3. The smallest absolute Gasteiger partial charge is 0.141 e. The van der Waals surface area contributed by atoms with Gasteiger partial charge in [-0.2, -0.15) is 0 Å². The largest absolute Gasteiger partial charge is 0.506 e. The van der Waals surface area contributed by atoms with Gasteiger partial charge in [0.05, 0.1) is 0 Å². The molecule has 0 fully saturated rings. The maximum Gasteiger partial charge on any atom is 0.141 e. The van der Waals surface area contributed by atoms with E-state index in [1.54, 1.807) is 6.07 Å². The van der Waals surface area contributed by atoms with Crippen molar-refractivity contribution in [2.45, 2.75) is 6.54 Å². The molecule has 1 N–H and O–H groups in total. The van der Waals surface area contributed by atoms with Crippen LogP contribution in [0.25, 0.3) is 10.9 Å². The molecule has 100 valence electrons. The molecule has 1 heterocycles. The van der Waals surface area contributed by atoms with Gasteiger partial charge in [-0.3, -0.25) is 0 Å². The number of rotatable bonds is 3. The van der Waals surface area contributed by atoms with Crippen LogP contribution >= 0.6 is 0 Å². The first-order chi connectivity index (χ1) is 9.74. The third-order valence-corrected chi connectivity index (χ3v) is 3.34. The lowest BCUT2D eigenvalue weighted by atomic mass is 10.2. The lowest BCUT2D eigenvalue weighted by Crippen LogP contribution is -2.17. The Morgan fingerprint density at radius 3 is 2.55 bits per heavy atom. The minimum Gasteiger partial charge on any atom is -0.506 e. The normalized spacial score (nSPS) is 10.7. The van der Waals surface area contributed by atoms with Gasteiger partial charge in [-0.15, -0.1) is 0 Å². The second-order valence-electron chi connectivity index (χ2n) is 4.86. The molecule has 0 unspecified atom stereocenters. The van der Waals surface area contributed by atoms with Crippen LogP contribution in [0, 0.1) is 0 Å². The molecule has 0 bridgehead atoms. The van der Waals surface area contributed by atoms with Crippen molar-refractivity contribution in [1.29, 1.82) is 0 Å². The highest BCUT2D eigenvalue weighted by molar-refractivity contribution is 5.85. The number of fused-ring (bicyclic) bond motifs is 1. The van der Waals surface area contributed by atoms with Crippen LogP contribution in [0.3, 0.4) is 0 Å². The Bertz CT molecular complexity index is 725. The molecule has 0 aliphatic carbocycles. The Balaban J connectivity index is 1.92. The van der Waals surface area contributed by atoms with Crippen molar-refractivity contribution in [3.63, 3.8) is 0 Å². The van der Waals surface area contributed by atoms with Crippen molar-refractivity contribution in [1.82, 2.24) is 4.98 Å². The van der Waals surface area contributed by atoms with Crippen LogP contribution in [0.2, 0.25) is 0 Å². The minimum atomic E-state index is 0.220. The summed E-state index contributed by atoms with van der Waals surface area (Å²) in [4.78, 5) is 6.62. The third kappa shape index (κ3) is 2.43. The van der Waals surface area contributed by atoms with Crippen molar-refractivity contribution >= 4 is 16.7 Å². The second-order valence-corrected chi connectivity index (χ2v) is 4.86. The molecule has 0 radical (unpaired) electrons. The molecule has 3 heteroatoms. The van der Waals surface area contributed by atoms with Gasteiger partial charge in [0.15, 0.2) is 0 Å². The van der Waals surface area contributed by atoms with E-state index in [4.69, 9.17) is 0 Å². The first-order valence-corrected chi connectivity index (χ1v) is 6.58. The molecule has 0 spiro atoms. The average Bonchev–Trinajstić information content (AvgIpc) is 2.48. The van der Waals surface area contributed by atoms with Crippen molar-refractivity contribution in [2.75, 3.05) is 11.9 Å². The highest BCUT2D eigenvalue weighted by Crippen LogP contribution is 2.25. The fourth-order valence-corrected chi connectivity index (χ4v) is 2.27. The zero-order valence-electron chi connectivity index (χ0n) is 11.3. The Morgan fingerprint density at radius 1 is 0.950 bits per heavy atom. The topological polar surface area (TPSA) is 36.4 Å². The summed E-state index contributed by atoms with van der Waals surface area (Å²) in [6.07, 6.45) is 0. The Kier molecular flexibility index (Phi) is 3.25. The molecular weight excluding hydrogens is 248 g/mol. The number of aromatic hydroxyl groups is 1. The van der Waals surface area contributed by atoms with Gasteiger partial charge in [-0.25, -0.2) is 4.98 Å². The van der Waals surface area contributed by atoms with E-state index in [1.807, 2.05) is 49.5 Å². The second kappa shape index (κ2) is 5.21. The van der Waals surface area contributed by atoms with Crippen molar-refractivity contribution in [3.05, 3.63) is 66.2 Å². The summed E-state index contributed by atoms with van der Waals surface area (Å²) in [5, 5.41) is 10.8. The van der Waals surface area contributed by atoms with E-state index in [0.717, 1.165) is 17.7 Å². The maximum absolute atomic E-state index is 9.89. The van der Waals surface area contributed by atoms with Gasteiger partial charge in [0.1, 0.15) is 17.1 Å². The molecule has 0 amide bonds. The summed E-state index contributed by atoms with van der Waals surface area (Å²) < 4.78 is 0. The molecule has 1 aromatic heterocycles. The number of aromatic nitrogens is 1. The summed E-state index contributed by atoms with van der Waals surface area (Å²) in [5.41, 5.74) is 1.87. The van der Waals surface area contributed by atoms with E-state index in [-0.39, 0.29) is 5.75 Å². The van der Waals surface area contributed by atoms with Crippen LogP contribution in [0.4, 0.5) is 5.82 Å². The zero-order valence-corrected chi connectivity index (χ0v) is 11.3. The summed E-state index contributed by atoms with van der Waals surface area (Å²) in [7, 11) is 2.00. The fraction of sp³-hybridized carbons (Fsp3) is 0.118. The predicted molar refractivity (Wildman–Crippen MR) is 82.0 cm³/mol. The van der Waals surface area contributed by atoms with Crippen LogP contribution in [-0.2, 0) is 6.54 Å². The van der Waals surface area contributed by atoms with E-state index in [2.05, 4.69) is 22.0 Å². The Morgan fingerprint density at radius 2 is 1.75 bits per heavy atom. The SMILES string of the molecule is CN(Cc1ccccc1)c1ccc2cccc(O)c2n1. The molecule has 3 aromatic rings. The van der Waals surface area contributed by atoms with E-state index in [9.17, 15) is 5.11 Å². The highest BCUT2D eigenvalue weighted by Gasteiger charge is 2.06. The molecule has 0 atom stereocenters. The molecule has 0 saturated heterocycles. The number of para-hydroxylation sites is 1. The van der Waals surface area contributed by atoms with E-state index in [0.29, 0.717) is 5.52 Å².